The third-order valence-corrected chi connectivity index (χ3v) is 6.72. The molecular weight excluding hydrogens is 382 g/mol. The highest BCUT2D eigenvalue weighted by Crippen LogP contribution is 2.26. The Morgan fingerprint density at radius 1 is 0.933 bits per heavy atom. The molecule has 1 aromatic rings. The fraction of sp³-hybridized carbons (Fsp3) is 0.609. The number of piperidine rings is 2. The lowest BCUT2D eigenvalue weighted by molar-refractivity contribution is -0.139. The van der Waals surface area contributed by atoms with Gasteiger partial charge in [-0.3, -0.25) is 14.4 Å². The molecule has 3 aliphatic heterocycles. The van der Waals surface area contributed by atoms with Gasteiger partial charge in [0.15, 0.2) is 0 Å². The Bertz CT molecular complexity index is 786. The Hall–Kier alpha value is -2.57. The van der Waals surface area contributed by atoms with E-state index < -0.39 is 0 Å². The summed E-state index contributed by atoms with van der Waals surface area (Å²) in [5, 5.41) is 0. The highest BCUT2D eigenvalue weighted by Gasteiger charge is 2.35. The Morgan fingerprint density at radius 3 is 2.30 bits per heavy atom. The van der Waals surface area contributed by atoms with Gasteiger partial charge in [-0.1, -0.05) is 0 Å². The molecule has 0 spiro atoms. The van der Waals surface area contributed by atoms with Crippen molar-refractivity contribution in [1.29, 1.82) is 0 Å². The highest BCUT2D eigenvalue weighted by atomic mass is 16.5. The zero-order valence-electron chi connectivity index (χ0n) is 17.7. The summed E-state index contributed by atoms with van der Waals surface area (Å²) in [6.07, 6.45) is 5.02. The van der Waals surface area contributed by atoms with E-state index in [2.05, 4.69) is 0 Å². The van der Waals surface area contributed by atoms with E-state index in [1.54, 1.807) is 31.4 Å². The molecule has 0 aliphatic carbocycles. The summed E-state index contributed by atoms with van der Waals surface area (Å²) in [7, 11) is 1.60. The van der Waals surface area contributed by atoms with Gasteiger partial charge in [-0.2, -0.15) is 0 Å². The number of hydrogen-bond donors (Lipinski definition) is 0. The van der Waals surface area contributed by atoms with Crippen LogP contribution in [0.5, 0.6) is 5.75 Å². The summed E-state index contributed by atoms with van der Waals surface area (Å²) < 4.78 is 5.16. The Kier molecular flexibility index (Phi) is 6.25. The summed E-state index contributed by atoms with van der Waals surface area (Å²) in [4.78, 5) is 43.8. The maximum absolute atomic E-state index is 13.1. The number of nitrogens with zero attached hydrogens (tertiary/aromatic N) is 3. The molecule has 0 saturated carbocycles. The summed E-state index contributed by atoms with van der Waals surface area (Å²) in [6, 6.07) is 7.40. The van der Waals surface area contributed by atoms with Gasteiger partial charge in [0.05, 0.1) is 13.0 Å². The lowest BCUT2D eigenvalue weighted by Gasteiger charge is -2.40. The van der Waals surface area contributed by atoms with Gasteiger partial charge in [0.25, 0.3) is 5.91 Å². The Labute approximate surface area is 177 Å². The number of likely N-dealkylation sites (tertiary alicyclic amines) is 3. The second-order valence-electron chi connectivity index (χ2n) is 8.57. The van der Waals surface area contributed by atoms with E-state index in [-0.39, 0.29) is 29.7 Å². The quantitative estimate of drug-likeness (QED) is 0.759. The van der Waals surface area contributed by atoms with Gasteiger partial charge in [0.2, 0.25) is 11.8 Å². The van der Waals surface area contributed by atoms with Crippen molar-refractivity contribution in [3.05, 3.63) is 29.8 Å². The summed E-state index contributed by atoms with van der Waals surface area (Å²) in [5.74, 6) is 0.984. The molecule has 1 aromatic carbocycles. The van der Waals surface area contributed by atoms with E-state index in [0.717, 1.165) is 44.4 Å². The lowest BCUT2D eigenvalue weighted by atomic mass is 9.94. The Balaban J connectivity index is 1.32. The fourth-order valence-corrected chi connectivity index (χ4v) is 4.99. The molecule has 162 valence electrons. The monoisotopic (exact) mass is 413 g/mol. The van der Waals surface area contributed by atoms with Gasteiger partial charge in [0.1, 0.15) is 5.75 Å². The van der Waals surface area contributed by atoms with Gasteiger partial charge in [0, 0.05) is 50.7 Å². The molecule has 1 unspecified atom stereocenters. The predicted molar refractivity (Wildman–Crippen MR) is 112 cm³/mol. The van der Waals surface area contributed by atoms with Crippen LogP contribution < -0.4 is 4.74 Å². The van der Waals surface area contributed by atoms with Crippen LogP contribution in [0.15, 0.2) is 24.3 Å². The van der Waals surface area contributed by atoms with Crippen molar-refractivity contribution >= 4 is 17.7 Å². The minimum Gasteiger partial charge on any atom is -0.497 e. The first-order valence-electron chi connectivity index (χ1n) is 11.1. The van der Waals surface area contributed by atoms with Crippen LogP contribution in [0.1, 0.15) is 48.9 Å². The molecule has 7 nitrogen and oxygen atoms in total. The number of carbonyl (C=O) groups excluding carboxylic acids is 3. The zero-order chi connectivity index (χ0) is 21.1. The average Bonchev–Trinajstić information content (AvgIpc) is 3.24. The predicted octanol–water partition coefficient (Wildman–Crippen LogP) is 2.16. The molecule has 4 rings (SSSR count). The van der Waals surface area contributed by atoms with E-state index in [1.165, 1.54) is 0 Å². The molecule has 0 bridgehead atoms. The van der Waals surface area contributed by atoms with E-state index >= 15 is 0 Å². The molecule has 3 amide bonds. The van der Waals surface area contributed by atoms with E-state index in [1.807, 2.05) is 14.7 Å². The molecule has 3 fully saturated rings. The molecule has 3 aliphatic rings. The van der Waals surface area contributed by atoms with Crippen LogP contribution in [0, 0.1) is 5.92 Å². The van der Waals surface area contributed by atoms with Crippen molar-refractivity contribution in [1.82, 2.24) is 14.7 Å². The number of benzene rings is 1. The molecule has 7 heteroatoms. The van der Waals surface area contributed by atoms with Crippen LogP contribution >= 0.6 is 0 Å². The van der Waals surface area contributed by atoms with Crippen molar-refractivity contribution in [3.63, 3.8) is 0 Å². The number of methoxy groups -OCH3 is 1. The smallest absolute Gasteiger partial charge is 0.253 e. The first kappa shape index (κ1) is 20.7. The van der Waals surface area contributed by atoms with Crippen molar-refractivity contribution in [2.75, 3.05) is 39.8 Å². The van der Waals surface area contributed by atoms with Crippen LogP contribution in [0.25, 0.3) is 0 Å². The molecule has 0 N–H and O–H groups in total. The third kappa shape index (κ3) is 4.30. The number of amides is 3. The van der Waals surface area contributed by atoms with Crippen LogP contribution in [0.4, 0.5) is 0 Å². The molecule has 0 aromatic heterocycles. The molecule has 0 radical (unpaired) electrons. The second-order valence-corrected chi connectivity index (χ2v) is 8.57. The maximum Gasteiger partial charge on any atom is 0.253 e. The molecule has 3 saturated heterocycles. The van der Waals surface area contributed by atoms with Gasteiger partial charge < -0.3 is 19.4 Å². The normalized spacial score (nSPS) is 23.0. The number of hydrogen-bond acceptors (Lipinski definition) is 4. The van der Waals surface area contributed by atoms with E-state index in [4.69, 9.17) is 4.74 Å². The SMILES string of the molecule is COc1ccc(C(=O)N2CCCC(C(=O)N3CCC(N4CCCC4=O)CC3)C2)cc1. The van der Waals surface area contributed by atoms with Gasteiger partial charge in [-0.05, 0) is 56.4 Å². The largest absolute Gasteiger partial charge is 0.497 e. The van der Waals surface area contributed by atoms with Crippen molar-refractivity contribution in [2.24, 2.45) is 5.92 Å². The Morgan fingerprint density at radius 2 is 1.67 bits per heavy atom. The topological polar surface area (TPSA) is 70.2 Å². The average molecular weight is 414 g/mol. The lowest BCUT2D eigenvalue weighted by Crippen LogP contribution is -2.51. The van der Waals surface area contributed by atoms with Crippen molar-refractivity contribution in [2.45, 2.75) is 44.6 Å². The fourth-order valence-electron chi connectivity index (χ4n) is 4.99. The first-order valence-corrected chi connectivity index (χ1v) is 11.1. The van der Waals surface area contributed by atoms with Crippen LogP contribution in [0.3, 0.4) is 0 Å². The van der Waals surface area contributed by atoms with Gasteiger partial charge in [-0.25, -0.2) is 0 Å². The van der Waals surface area contributed by atoms with Crippen molar-refractivity contribution in [3.8, 4) is 5.75 Å². The minimum absolute atomic E-state index is 0.0265. The third-order valence-electron chi connectivity index (χ3n) is 6.72. The minimum atomic E-state index is -0.133. The van der Waals surface area contributed by atoms with E-state index in [9.17, 15) is 14.4 Å². The van der Waals surface area contributed by atoms with Gasteiger partial charge in [-0.15, -0.1) is 0 Å². The second kappa shape index (κ2) is 9.06. The van der Waals surface area contributed by atoms with Crippen LogP contribution in [-0.4, -0.2) is 78.3 Å². The number of carbonyl (C=O) groups is 3. The standard InChI is InChI=1S/C23H31N3O4/c1-30-20-8-6-17(7-9-20)22(28)25-12-2-4-18(16-25)23(29)24-14-10-19(11-15-24)26-13-3-5-21(26)27/h6-9,18-19H,2-5,10-16H2,1H3. The summed E-state index contributed by atoms with van der Waals surface area (Å²) in [6.45, 7) is 3.44. The van der Waals surface area contributed by atoms with Gasteiger partial charge >= 0.3 is 0 Å². The van der Waals surface area contributed by atoms with Crippen LogP contribution in [0.2, 0.25) is 0 Å². The highest BCUT2D eigenvalue weighted by molar-refractivity contribution is 5.95. The molecular formula is C23H31N3O4. The summed E-state index contributed by atoms with van der Waals surface area (Å²) >= 11 is 0. The van der Waals surface area contributed by atoms with E-state index in [0.29, 0.717) is 38.2 Å². The number of ether oxygens (including phenoxy) is 1. The maximum atomic E-state index is 13.1. The molecule has 3 heterocycles. The first-order chi connectivity index (χ1) is 14.6. The molecule has 30 heavy (non-hydrogen) atoms. The van der Waals surface area contributed by atoms with Crippen molar-refractivity contribution < 1.29 is 19.1 Å². The number of rotatable bonds is 4. The zero-order valence-corrected chi connectivity index (χ0v) is 17.7. The van der Waals surface area contributed by atoms with Crippen LogP contribution in [-0.2, 0) is 9.59 Å². The molecule has 1 atom stereocenters. The summed E-state index contributed by atoms with van der Waals surface area (Å²) in [5.41, 5.74) is 0.625.